The van der Waals surface area contributed by atoms with Crippen molar-refractivity contribution in [2.75, 3.05) is 23.9 Å². The van der Waals surface area contributed by atoms with Gasteiger partial charge in [-0.15, -0.1) is 11.8 Å². The summed E-state index contributed by atoms with van der Waals surface area (Å²) < 4.78 is 5.30. The zero-order chi connectivity index (χ0) is 19.3. The molecular formula is C18H18Cl2N2O3S. The Morgan fingerprint density at radius 3 is 2.42 bits per heavy atom. The second kappa shape index (κ2) is 9.16. The molecule has 0 spiro atoms. The maximum atomic E-state index is 12.1. The summed E-state index contributed by atoms with van der Waals surface area (Å²) in [5, 5.41) is 3.29. The molecule has 0 aliphatic rings. The number of methoxy groups -OCH3 is 1. The highest BCUT2D eigenvalue weighted by Gasteiger charge is 2.11. The number of thioether (sulfide) groups is 1. The van der Waals surface area contributed by atoms with Crippen LogP contribution in [0.2, 0.25) is 10.0 Å². The van der Waals surface area contributed by atoms with E-state index in [2.05, 4.69) is 5.32 Å². The molecule has 2 aromatic rings. The van der Waals surface area contributed by atoms with Gasteiger partial charge in [0.2, 0.25) is 5.91 Å². The number of ketones is 1. The first-order valence-corrected chi connectivity index (χ1v) is 9.53. The lowest BCUT2D eigenvalue weighted by atomic mass is 10.1. The third-order valence-corrected chi connectivity index (χ3v) is 5.15. The number of rotatable bonds is 7. The first-order chi connectivity index (χ1) is 12.3. The molecule has 3 N–H and O–H groups in total. The Balaban J connectivity index is 1.96. The molecule has 8 heteroatoms. The van der Waals surface area contributed by atoms with Crippen LogP contribution in [0, 0.1) is 0 Å². The molecule has 138 valence electrons. The lowest BCUT2D eigenvalue weighted by molar-refractivity contribution is -0.113. The number of nitrogens with one attached hydrogen (secondary N) is 1. The standard InChI is InChI=1S/C18H18Cl2N2O3S/c1-10(23)11-3-4-16(25-2)12(5-11)8-26-9-17(24)22-13-6-14(19)18(21)15(20)7-13/h3-7H,8-9,21H2,1-2H3,(H,22,24). The summed E-state index contributed by atoms with van der Waals surface area (Å²) in [4.78, 5) is 23.6. The molecule has 0 aliphatic carbocycles. The number of Topliss-reactive ketones (excluding diaryl/α,β-unsaturated/α-hetero) is 1. The number of halogens is 2. The van der Waals surface area contributed by atoms with E-state index in [4.69, 9.17) is 33.7 Å². The number of ether oxygens (including phenoxy) is 1. The van der Waals surface area contributed by atoms with Crippen LogP contribution in [0.25, 0.3) is 0 Å². The molecule has 0 fully saturated rings. The van der Waals surface area contributed by atoms with Gasteiger partial charge in [-0.05, 0) is 37.3 Å². The second-order valence-electron chi connectivity index (χ2n) is 5.48. The highest BCUT2D eigenvalue weighted by Crippen LogP contribution is 2.31. The maximum absolute atomic E-state index is 12.1. The van der Waals surface area contributed by atoms with Crippen LogP contribution in [0.3, 0.4) is 0 Å². The van der Waals surface area contributed by atoms with Crippen LogP contribution in [0.1, 0.15) is 22.8 Å². The summed E-state index contributed by atoms with van der Waals surface area (Å²) in [6.07, 6.45) is 0. The van der Waals surface area contributed by atoms with Crippen molar-refractivity contribution in [3.8, 4) is 5.75 Å². The molecule has 2 aromatic carbocycles. The minimum absolute atomic E-state index is 0.0197. The van der Waals surface area contributed by atoms with E-state index in [0.29, 0.717) is 22.8 Å². The molecule has 0 saturated heterocycles. The number of hydrogen-bond donors (Lipinski definition) is 2. The topological polar surface area (TPSA) is 81.4 Å². The highest BCUT2D eigenvalue weighted by atomic mass is 35.5. The van der Waals surface area contributed by atoms with Gasteiger partial charge in [0.05, 0.1) is 28.6 Å². The first-order valence-electron chi connectivity index (χ1n) is 7.61. The number of benzene rings is 2. The Kier molecular flexibility index (Phi) is 7.20. The summed E-state index contributed by atoms with van der Waals surface area (Å²) in [6, 6.07) is 8.35. The van der Waals surface area contributed by atoms with Crippen molar-refractivity contribution in [1.29, 1.82) is 0 Å². The quantitative estimate of drug-likeness (QED) is 0.510. The number of hydrogen-bond acceptors (Lipinski definition) is 5. The molecular weight excluding hydrogens is 395 g/mol. The summed E-state index contributed by atoms with van der Waals surface area (Å²) in [5.41, 5.74) is 7.90. The third kappa shape index (κ3) is 5.30. The van der Waals surface area contributed by atoms with Gasteiger partial charge in [-0.1, -0.05) is 23.2 Å². The summed E-state index contributed by atoms with van der Waals surface area (Å²) in [6.45, 7) is 1.51. The maximum Gasteiger partial charge on any atom is 0.234 e. The molecule has 5 nitrogen and oxygen atoms in total. The molecule has 0 bridgehead atoms. The van der Waals surface area contributed by atoms with Gasteiger partial charge in [0.25, 0.3) is 0 Å². The Labute approximate surface area is 166 Å². The third-order valence-electron chi connectivity index (χ3n) is 3.54. The second-order valence-corrected chi connectivity index (χ2v) is 7.28. The van der Waals surface area contributed by atoms with Crippen LogP contribution in [-0.2, 0) is 10.5 Å². The Morgan fingerprint density at radius 2 is 1.85 bits per heavy atom. The fourth-order valence-corrected chi connectivity index (χ4v) is 3.51. The van der Waals surface area contributed by atoms with E-state index in [1.807, 2.05) is 0 Å². The fraction of sp³-hybridized carbons (Fsp3) is 0.222. The fourth-order valence-electron chi connectivity index (χ4n) is 2.22. The van der Waals surface area contributed by atoms with Crippen molar-refractivity contribution in [1.82, 2.24) is 0 Å². The van der Waals surface area contributed by atoms with Crippen molar-refractivity contribution in [2.24, 2.45) is 0 Å². The Hall–Kier alpha value is -1.89. The van der Waals surface area contributed by atoms with Gasteiger partial charge < -0.3 is 15.8 Å². The van der Waals surface area contributed by atoms with Crippen LogP contribution >= 0.6 is 35.0 Å². The largest absolute Gasteiger partial charge is 0.496 e. The molecule has 0 radical (unpaired) electrons. The zero-order valence-corrected chi connectivity index (χ0v) is 16.6. The summed E-state index contributed by atoms with van der Waals surface area (Å²) >= 11 is 13.3. The lowest BCUT2D eigenvalue weighted by Crippen LogP contribution is -2.14. The van der Waals surface area contributed by atoms with E-state index in [1.165, 1.54) is 18.7 Å². The van der Waals surface area contributed by atoms with Gasteiger partial charge in [-0.3, -0.25) is 9.59 Å². The van der Waals surface area contributed by atoms with Crippen molar-refractivity contribution < 1.29 is 14.3 Å². The average molecular weight is 413 g/mol. The van der Waals surface area contributed by atoms with Gasteiger partial charge in [-0.25, -0.2) is 0 Å². The Morgan fingerprint density at radius 1 is 1.19 bits per heavy atom. The first kappa shape index (κ1) is 20.4. The summed E-state index contributed by atoms with van der Waals surface area (Å²) in [7, 11) is 1.57. The molecule has 0 heterocycles. The Bertz CT molecular complexity index is 820. The normalized spacial score (nSPS) is 10.5. The minimum atomic E-state index is -0.200. The number of carbonyl (C=O) groups excluding carboxylic acids is 2. The van der Waals surface area contributed by atoms with Gasteiger partial charge in [0, 0.05) is 22.6 Å². The molecule has 1 amide bonds. The van der Waals surface area contributed by atoms with Crippen LogP contribution < -0.4 is 15.8 Å². The van der Waals surface area contributed by atoms with Crippen molar-refractivity contribution in [3.63, 3.8) is 0 Å². The zero-order valence-electron chi connectivity index (χ0n) is 14.3. The number of anilines is 2. The molecule has 0 aromatic heterocycles. The van der Waals surface area contributed by atoms with Crippen molar-refractivity contribution in [2.45, 2.75) is 12.7 Å². The highest BCUT2D eigenvalue weighted by molar-refractivity contribution is 7.99. The van der Waals surface area contributed by atoms with E-state index in [1.54, 1.807) is 37.4 Å². The number of nitrogen functional groups attached to an aromatic ring is 1. The van der Waals surface area contributed by atoms with E-state index in [9.17, 15) is 9.59 Å². The molecule has 0 saturated carbocycles. The lowest BCUT2D eigenvalue weighted by Gasteiger charge is -2.11. The van der Waals surface area contributed by atoms with Gasteiger partial charge in [0.15, 0.2) is 5.78 Å². The SMILES string of the molecule is COc1ccc(C(C)=O)cc1CSCC(=O)Nc1cc(Cl)c(N)c(Cl)c1. The van der Waals surface area contributed by atoms with Crippen LogP contribution in [0.4, 0.5) is 11.4 Å². The van der Waals surface area contributed by atoms with E-state index in [-0.39, 0.29) is 33.2 Å². The summed E-state index contributed by atoms with van der Waals surface area (Å²) in [5.74, 6) is 1.20. The molecule has 0 atom stereocenters. The monoisotopic (exact) mass is 412 g/mol. The smallest absolute Gasteiger partial charge is 0.234 e. The molecule has 0 unspecified atom stereocenters. The molecule has 0 aliphatic heterocycles. The number of carbonyl (C=O) groups is 2. The van der Waals surface area contributed by atoms with Gasteiger partial charge in [0.1, 0.15) is 5.75 Å². The van der Waals surface area contributed by atoms with Crippen LogP contribution in [0.5, 0.6) is 5.75 Å². The molecule has 26 heavy (non-hydrogen) atoms. The van der Waals surface area contributed by atoms with Crippen LogP contribution in [0.15, 0.2) is 30.3 Å². The van der Waals surface area contributed by atoms with Gasteiger partial charge in [-0.2, -0.15) is 0 Å². The number of amides is 1. The average Bonchev–Trinajstić information content (AvgIpc) is 2.59. The van der Waals surface area contributed by atoms with Crippen LogP contribution in [-0.4, -0.2) is 24.6 Å². The van der Waals surface area contributed by atoms with Gasteiger partial charge >= 0.3 is 0 Å². The minimum Gasteiger partial charge on any atom is -0.496 e. The van der Waals surface area contributed by atoms with E-state index < -0.39 is 0 Å². The van der Waals surface area contributed by atoms with E-state index >= 15 is 0 Å². The number of nitrogens with two attached hydrogens (primary N) is 1. The van der Waals surface area contributed by atoms with Crippen molar-refractivity contribution in [3.05, 3.63) is 51.5 Å². The molecule has 2 rings (SSSR count). The van der Waals surface area contributed by atoms with E-state index in [0.717, 1.165) is 5.56 Å². The predicted molar refractivity (Wildman–Crippen MR) is 109 cm³/mol. The predicted octanol–water partition coefficient (Wildman–Crippen LogP) is 4.66. The van der Waals surface area contributed by atoms with Crippen molar-refractivity contribution >= 4 is 58.0 Å².